The summed E-state index contributed by atoms with van der Waals surface area (Å²) >= 11 is 1.48. The second kappa shape index (κ2) is 5.63. The summed E-state index contributed by atoms with van der Waals surface area (Å²) in [6, 6.07) is 0.576. The van der Waals surface area contributed by atoms with E-state index in [-0.39, 0.29) is 0 Å². The van der Waals surface area contributed by atoms with Gasteiger partial charge in [-0.05, 0) is 30.9 Å². The Bertz CT molecular complexity index is 469. The maximum absolute atomic E-state index is 4.45. The molecule has 1 aliphatic rings. The number of hydrogen-bond acceptors (Lipinski definition) is 4. The van der Waals surface area contributed by atoms with Crippen molar-refractivity contribution >= 4 is 11.5 Å². The smallest absolute Gasteiger partial charge is 0.142 e. The van der Waals surface area contributed by atoms with Crippen LogP contribution in [0.3, 0.4) is 0 Å². The predicted octanol–water partition coefficient (Wildman–Crippen LogP) is 2.54. The van der Waals surface area contributed by atoms with E-state index in [1.807, 2.05) is 12.4 Å². The fraction of sp³-hybridized carbons (Fsp3) is 0.538. The van der Waals surface area contributed by atoms with Crippen molar-refractivity contribution < 1.29 is 0 Å². The zero-order valence-corrected chi connectivity index (χ0v) is 11.2. The van der Waals surface area contributed by atoms with E-state index in [0.717, 1.165) is 24.5 Å². The highest BCUT2D eigenvalue weighted by Gasteiger charge is 2.14. The Balaban J connectivity index is 1.74. The van der Waals surface area contributed by atoms with Crippen molar-refractivity contribution in [3.05, 3.63) is 24.0 Å². The molecule has 0 spiro atoms. The van der Waals surface area contributed by atoms with Crippen molar-refractivity contribution in [1.29, 1.82) is 0 Å². The summed E-state index contributed by atoms with van der Waals surface area (Å²) in [6.45, 7) is 2.15. The standard InChI is InChI=1S/C13H18N4S/c1-2-4-12(14-5-3-1)9-17-7-6-15-13(17)11-8-16-18-10-11/h6-8,10,12,14H,1-5,9H2. The van der Waals surface area contributed by atoms with Gasteiger partial charge in [0.1, 0.15) is 5.82 Å². The molecule has 0 aliphatic carbocycles. The average molecular weight is 262 g/mol. The second-order valence-electron chi connectivity index (χ2n) is 4.82. The van der Waals surface area contributed by atoms with E-state index in [2.05, 4.69) is 30.8 Å². The first-order chi connectivity index (χ1) is 8.93. The van der Waals surface area contributed by atoms with Crippen LogP contribution in [0.15, 0.2) is 24.0 Å². The molecule has 2 aromatic rings. The molecule has 0 saturated carbocycles. The van der Waals surface area contributed by atoms with E-state index in [4.69, 9.17) is 0 Å². The number of aromatic nitrogens is 3. The molecule has 1 N–H and O–H groups in total. The van der Waals surface area contributed by atoms with Crippen LogP contribution in [0.5, 0.6) is 0 Å². The molecule has 1 fully saturated rings. The number of imidazole rings is 1. The van der Waals surface area contributed by atoms with Crippen LogP contribution in [0.25, 0.3) is 11.4 Å². The Kier molecular flexibility index (Phi) is 3.71. The summed E-state index contributed by atoms with van der Waals surface area (Å²) in [5.41, 5.74) is 1.12. The zero-order chi connectivity index (χ0) is 12.2. The Hall–Kier alpha value is -1.20. The molecule has 18 heavy (non-hydrogen) atoms. The lowest BCUT2D eigenvalue weighted by Crippen LogP contribution is -2.32. The third kappa shape index (κ3) is 2.62. The maximum Gasteiger partial charge on any atom is 0.142 e. The molecule has 0 amide bonds. The quantitative estimate of drug-likeness (QED) is 0.924. The molecule has 0 bridgehead atoms. The molecule has 3 rings (SSSR count). The van der Waals surface area contributed by atoms with Crippen LogP contribution < -0.4 is 5.32 Å². The van der Waals surface area contributed by atoms with E-state index < -0.39 is 0 Å². The Morgan fingerprint density at radius 1 is 1.39 bits per heavy atom. The normalized spacial score (nSPS) is 20.8. The molecular weight excluding hydrogens is 244 g/mol. The number of rotatable bonds is 3. The summed E-state index contributed by atoms with van der Waals surface area (Å²) in [4.78, 5) is 4.45. The third-order valence-corrected chi connectivity index (χ3v) is 4.07. The average Bonchev–Trinajstić information content (AvgIpc) is 2.97. The lowest BCUT2D eigenvalue weighted by molar-refractivity contribution is 0.446. The predicted molar refractivity (Wildman–Crippen MR) is 73.6 cm³/mol. The van der Waals surface area contributed by atoms with E-state index in [9.17, 15) is 0 Å². The van der Waals surface area contributed by atoms with Crippen LogP contribution in [0, 0.1) is 0 Å². The van der Waals surface area contributed by atoms with Gasteiger partial charge in [0.2, 0.25) is 0 Å². The fourth-order valence-corrected chi connectivity index (χ4v) is 3.04. The summed E-state index contributed by atoms with van der Waals surface area (Å²) in [5.74, 6) is 1.04. The van der Waals surface area contributed by atoms with Crippen LogP contribution >= 0.6 is 11.5 Å². The van der Waals surface area contributed by atoms with Crippen LogP contribution in [0.2, 0.25) is 0 Å². The minimum atomic E-state index is 0.576. The van der Waals surface area contributed by atoms with Crippen LogP contribution in [-0.2, 0) is 6.54 Å². The molecule has 96 valence electrons. The van der Waals surface area contributed by atoms with Crippen LogP contribution in [0.4, 0.5) is 0 Å². The van der Waals surface area contributed by atoms with E-state index >= 15 is 0 Å². The highest BCUT2D eigenvalue weighted by atomic mass is 32.1. The second-order valence-corrected chi connectivity index (χ2v) is 5.47. The molecule has 1 aliphatic heterocycles. The summed E-state index contributed by atoms with van der Waals surface area (Å²) in [7, 11) is 0. The minimum absolute atomic E-state index is 0.576. The summed E-state index contributed by atoms with van der Waals surface area (Å²) in [6.07, 6.45) is 11.1. The lowest BCUT2D eigenvalue weighted by atomic mass is 10.1. The Morgan fingerprint density at radius 3 is 3.28 bits per heavy atom. The minimum Gasteiger partial charge on any atom is -0.329 e. The topological polar surface area (TPSA) is 42.7 Å². The SMILES string of the molecule is c1cn(CC2CCCCCN2)c(-c2cnsc2)n1. The van der Waals surface area contributed by atoms with Gasteiger partial charge in [0.05, 0.1) is 6.20 Å². The van der Waals surface area contributed by atoms with E-state index in [1.54, 1.807) is 0 Å². The van der Waals surface area contributed by atoms with Gasteiger partial charge in [-0.2, -0.15) is 0 Å². The highest BCUT2D eigenvalue weighted by molar-refractivity contribution is 7.03. The van der Waals surface area contributed by atoms with Gasteiger partial charge in [0.15, 0.2) is 0 Å². The molecule has 4 nitrogen and oxygen atoms in total. The van der Waals surface area contributed by atoms with Gasteiger partial charge in [-0.25, -0.2) is 9.36 Å². The Labute approximate surface area is 111 Å². The first-order valence-electron chi connectivity index (χ1n) is 6.58. The number of hydrogen-bond donors (Lipinski definition) is 1. The molecular formula is C13H18N4S. The van der Waals surface area contributed by atoms with Gasteiger partial charge in [0.25, 0.3) is 0 Å². The monoisotopic (exact) mass is 262 g/mol. The van der Waals surface area contributed by atoms with Crippen molar-refractivity contribution in [2.45, 2.75) is 38.3 Å². The molecule has 1 unspecified atom stereocenters. The van der Waals surface area contributed by atoms with Gasteiger partial charge < -0.3 is 9.88 Å². The van der Waals surface area contributed by atoms with Gasteiger partial charge in [-0.3, -0.25) is 0 Å². The summed E-state index contributed by atoms with van der Waals surface area (Å²) < 4.78 is 6.40. The third-order valence-electron chi connectivity index (χ3n) is 3.49. The van der Waals surface area contributed by atoms with Crippen LogP contribution in [-0.4, -0.2) is 26.5 Å². The van der Waals surface area contributed by atoms with Gasteiger partial charge >= 0.3 is 0 Å². The Morgan fingerprint density at radius 2 is 2.39 bits per heavy atom. The molecule has 0 aromatic carbocycles. The first kappa shape index (κ1) is 11.9. The largest absolute Gasteiger partial charge is 0.329 e. The molecule has 2 aromatic heterocycles. The van der Waals surface area contributed by atoms with E-state index in [1.165, 1.54) is 37.2 Å². The molecule has 1 saturated heterocycles. The summed E-state index contributed by atoms with van der Waals surface area (Å²) in [5, 5.41) is 5.69. The molecule has 3 heterocycles. The first-order valence-corrected chi connectivity index (χ1v) is 7.41. The van der Waals surface area contributed by atoms with Crippen LogP contribution in [0.1, 0.15) is 25.7 Å². The number of nitrogens with zero attached hydrogens (tertiary/aromatic N) is 3. The van der Waals surface area contributed by atoms with Crippen molar-refractivity contribution in [2.24, 2.45) is 0 Å². The van der Waals surface area contributed by atoms with Crippen molar-refractivity contribution in [3.8, 4) is 11.4 Å². The van der Waals surface area contributed by atoms with Gasteiger partial charge in [-0.1, -0.05) is 12.8 Å². The maximum atomic E-state index is 4.45. The lowest BCUT2D eigenvalue weighted by Gasteiger charge is -2.17. The molecule has 5 heteroatoms. The molecule has 1 atom stereocenters. The zero-order valence-electron chi connectivity index (χ0n) is 10.4. The highest BCUT2D eigenvalue weighted by Crippen LogP contribution is 2.19. The fourth-order valence-electron chi connectivity index (χ4n) is 2.53. The van der Waals surface area contributed by atoms with E-state index in [0.29, 0.717) is 6.04 Å². The van der Waals surface area contributed by atoms with Crippen molar-refractivity contribution in [1.82, 2.24) is 19.2 Å². The van der Waals surface area contributed by atoms with Gasteiger partial charge in [0, 0.05) is 35.9 Å². The van der Waals surface area contributed by atoms with Crippen molar-refractivity contribution in [3.63, 3.8) is 0 Å². The van der Waals surface area contributed by atoms with Gasteiger partial charge in [-0.15, -0.1) is 0 Å². The number of nitrogens with one attached hydrogen (secondary N) is 1. The molecule has 0 radical (unpaired) electrons. The van der Waals surface area contributed by atoms with Crippen molar-refractivity contribution in [2.75, 3.05) is 6.54 Å².